The summed E-state index contributed by atoms with van der Waals surface area (Å²) in [6.07, 6.45) is -1.09. The van der Waals surface area contributed by atoms with Gasteiger partial charge in [0.05, 0.1) is 19.7 Å². The number of aliphatic hydroxyl groups is 3. The lowest BCUT2D eigenvalue weighted by Crippen LogP contribution is -2.54. The summed E-state index contributed by atoms with van der Waals surface area (Å²) in [7, 11) is 4.03. The molecule has 0 spiro atoms. The Hall–Kier alpha value is -0.200. The lowest BCUT2D eigenvalue weighted by molar-refractivity contribution is -0.914. The van der Waals surface area contributed by atoms with Crippen molar-refractivity contribution in [2.24, 2.45) is 0 Å². The number of rotatable bonds is 9. The van der Waals surface area contributed by atoms with E-state index >= 15 is 0 Å². The Labute approximate surface area is 111 Å². The first kappa shape index (κ1) is 17.8. The van der Waals surface area contributed by atoms with Crippen LogP contribution in [-0.4, -0.2) is 89.8 Å². The van der Waals surface area contributed by atoms with Gasteiger partial charge in [-0.3, -0.25) is 4.90 Å². The third kappa shape index (κ3) is 8.83. The minimum Gasteiger partial charge on any atom is -0.392 e. The minimum atomic E-state index is -0.379. The highest BCUT2D eigenvalue weighted by molar-refractivity contribution is 4.58. The Kier molecular flexibility index (Phi) is 7.98. The number of likely N-dealkylation sites (N-methyl/N-ethyl adjacent to an activating group) is 2. The average Bonchev–Trinajstić information content (AvgIpc) is 2.11. The van der Waals surface area contributed by atoms with E-state index in [9.17, 15) is 15.3 Å². The molecule has 0 saturated carbocycles. The van der Waals surface area contributed by atoms with Crippen LogP contribution in [-0.2, 0) is 0 Å². The molecule has 3 N–H and O–H groups in total. The van der Waals surface area contributed by atoms with Crippen molar-refractivity contribution in [3.05, 3.63) is 0 Å². The van der Waals surface area contributed by atoms with Gasteiger partial charge in [0.25, 0.3) is 0 Å². The van der Waals surface area contributed by atoms with Crippen molar-refractivity contribution in [1.29, 1.82) is 0 Å². The van der Waals surface area contributed by atoms with Crippen LogP contribution in [0.5, 0.6) is 0 Å². The highest BCUT2D eigenvalue weighted by atomic mass is 16.3. The standard InChI is InChI=1S/C13H31N2O3/c1-11(16)8-14(4)6-7-15(5,9-12(2)17)10-13(3)18/h11-13,16-18H,6-10H2,1-5H3/q+1. The lowest BCUT2D eigenvalue weighted by atomic mass is 10.2. The second kappa shape index (κ2) is 8.07. The van der Waals surface area contributed by atoms with E-state index in [1.165, 1.54) is 0 Å². The molecule has 0 fully saturated rings. The van der Waals surface area contributed by atoms with Crippen molar-refractivity contribution in [2.75, 3.05) is 46.8 Å². The molecular formula is C13H31N2O3+. The molecule has 0 saturated heterocycles. The number of quaternary nitrogens is 1. The molecule has 0 aromatic heterocycles. The van der Waals surface area contributed by atoms with Gasteiger partial charge in [-0.15, -0.1) is 0 Å². The molecule has 0 aromatic rings. The summed E-state index contributed by atoms with van der Waals surface area (Å²) in [4.78, 5) is 2.07. The molecule has 5 nitrogen and oxygen atoms in total. The summed E-state index contributed by atoms with van der Waals surface area (Å²) in [5.74, 6) is 0. The van der Waals surface area contributed by atoms with Crippen LogP contribution >= 0.6 is 0 Å². The van der Waals surface area contributed by atoms with Gasteiger partial charge in [-0.05, 0) is 27.8 Å². The van der Waals surface area contributed by atoms with Crippen LogP contribution < -0.4 is 0 Å². The van der Waals surface area contributed by atoms with Crippen molar-refractivity contribution in [1.82, 2.24) is 4.90 Å². The third-order valence-corrected chi connectivity index (χ3v) is 3.01. The first-order valence-electron chi connectivity index (χ1n) is 6.71. The first-order valence-corrected chi connectivity index (χ1v) is 6.71. The largest absolute Gasteiger partial charge is 0.392 e. The fraction of sp³-hybridized carbons (Fsp3) is 1.00. The number of nitrogens with zero attached hydrogens (tertiary/aromatic N) is 2. The molecule has 3 unspecified atom stereocenters. The highest BCUT2D eigenvalue weighted by Crippen LogP contribution is 2.07. The van der Waals surface area contributed by atoms with Crippen molar-refractivity contribution in [3.63, 3.8) is 0 Å². The first-order chi connectivity index (χ1) is 8.14. The second-order valence-electron chi connectivity index (χ2n) is 6.02. The maximum atomic E-state index is 9.56. The molecule has 0 rings (SSSR count). The average molecular weight is 263 g/mol. The zero-order chi connectivity index (χ0) is 14.3. The smallest absolute Gasteiger partial charge is 0.105 e. The van der Waals surface area contributed by atoms with E-state index < -0.39 is 0 Å². The van der Waals surface area contributed by atoms with E-state index in [1.807, 2.05) is 7.05 Å². The Balaban J connectivity index is 4.31. The molecule has 0 aromatic carbocycles. The van der Waals surface area contributed by atoms with Gasteiger partial charge in [-0.2, -0.15) is 0 Å². The zero-order valence-corrected chi connectivity index (χ0v) is 12.5. The van der Waals surface area contributed by atoms with Crippen LogP contribution in [0.15, 0.2) is 0 Å². The summed E-state index contributed by atoms with van der Waals surface area (Å²) in [6, 6.07) is 0. The lowest BCUT2D eigenvalue weighted by Gasteiger charge is -2.37. The molecule has 0 amide bonds. The summed E-state index contributed by atoms with van der Waals surface area (Å²) in [6.45, 7) is 8.91. The van der Waals surface area contributed by atoms with E-state index in [4.69, 9.17) is 0 Å². The van der Waals surface area contributed by atoms with Crippen molar-refractivity contribution in [3.8, 4) is 0 Å². The molecule has 5 heteroatoms. The molecule has 18 heavy (non-hydrogen) atoms. The van der Waals surface area contributed by atoms with Crippen LogP contribution in [0.25, 0.3) is 0 Å². The van der Waals surface area contributed by atoms with Gasteiger partial charge in [0.2, 0.25) is 0 Å². The maximum Gasteiger partial charge on any atom is 0.105 e. The van der Waals surface area contributed by atoms with Crippen LogP contribution in [0.2, 0.25) is 0 Å². The topological polar surface area (TPSA) is 63.9 Å². The van der Waals surface area contributed by atoms with E-state index in [0.29, 0.717) is 24.1 Å². The SMILES string of the molecule is CC(O)CN(C)CC[N+](C)(CC(C)O)CC(C)O. The Morgan fingerprint density at radius 1 is 0.944 bits per heavy atom. The van der Waals surface area contributed by atoms with Crippen molar-refractivity contribution < 1.29 is 19.8 Å². The van der Waals surface area contributed by atoms with Crippen molar-refractivity contribution >= 4 is 0 Å². The molecule has 0 heterocycles. The molecule has 0 aliphatic heterocycles. The third-order valence-electron chi connectivity index (χ3n) is 3.01. The number of hydrogen-bond donors (Lipinski definition) is 3. The quantitative estimate of drug-likeness (QED) is 0.491. The molecular weight excluding hydrogens is 232 g/mol. The van der Waals surface area contributed by atoms with Gasteiger partial charge < -0.3 is 19.8 Å². The van der Waals surface area contributed by atoms with Crippen LogP contribution in [0, 0.1) is 0 Å². The minimum absolute atomic E-state index is 0.331. The van der Waals surface area contributed by atoms with Gasteiger partial charge in [-0.1, -0.05) is 0 Å². The van der Waals surface area contributed by atoms with Gasteiger partial charge >= 0.3 is 0 Å². The normalized spacial score (nSPS) is 20.5. The Bertz CT molecular complexity index is 210. The van der Waals surface area contributed by atoms with Gasteiger partial charge in [0.15, 0.2) is 0 Å². The summed E-state index contributed by atoms with van der Waals surface area (Å²) in [5.41, 5.74) is 0. The van der Waals surface area contributed by atoms with Gasteiger partial charge in [0, 0.05) is 13.1 Å². The molecule has 0 aliphatic rings. The van der Waals surface area contributed by atoms with Crippen LogP contribution in [0.4, 0.5) is 0 Å². The highest BCUT2D eigenvalue weighted by Gasteiger charge is 2.26. The Morgan fingerprint density at radius 3 is 1.72 bits per heavy atom. The number of aliphatic hydroxyl groups excluding tert-OH is 3. The van der Waals surface area contributed by atoms with E-state index in [2.05, 4.69) is 11.9 Å². The Morgan fingerprint density at radius 2 is 1.39 bits per heavy atom. The van der Waals surface area contributed by atoms with E-state index in [0.717, 1.165) is 13.1 Å². The van der Waals surface area contributed by atoms with Crippen molar-refractivity contribution in [2.45, 2.75) is 39.1 Å². The van der Waals surface area contributed by atoms with E-state index in [-0.39, 0.29) is 18.3 Å². The summed E-state index contributed by atoms with van der Waals surface area (Å²) >= 11 is 0. The van der Waals surface area contributed by atoms with Crippen LogP contribution in [0.1, 0.15) is 20.8 Å². The molecule has 3 atom stereocenters. The zero-order valence-electron chi connectivity index (χ0n) is 12.5. The van der Waals surface area contributed by atoms with Crippen LogP contribution in [0.3, 0.4) is 0 Å². The predicted molar refractivity (Wildman–Crippen MR) is 73.3 cm³/mol. The summed E-state index contributed by atoms with van der Waals surface area (Å²) < 4.78 is 0.638. The second-order valence-corrected chi connectivity index (χ2v) is 6.02. The summed E-state index contributed by atoms with van der Waals surface area (Å²) in [5, 5.41) is 28.4. The maximum absolute atomic E-state index is 9.56. The molecule has 0 bridgehead atoms. The van der Waals surface area contributed by atoms with Gasteiger partial charge in [0.1, 0.15) is 25.3 Å². The predicted octanol–water partition coefficient (Wildman–Crippen LogP) is -0.493. The molecule has 0 radical (unpaired) electrons. The fourth-order valence-electron chi connectivity index (χ4n) is 2.49. The molecule has 110 valence electrons. The van der Waals surface area contributed by atoms with E-state index in [1.54, 1.807) is 20.8 Å². The molecule has 0 aliphatic carbocycles. The number of hydrogen-bond acceptors (Lipinski definition) is 4. The van der Waals surface area contributed by atoms with Gasteiger partial charge in [-0.25, -0.2) is 0 Å². The fourth-order valence-corrected chi connectivity index (χ4v) is 2.49. The monoisotopic (exact) mass is 263 g/mol.